The predicted molar refractivity (Wildman–Crippen MR) is 69.3 cm³/mol. The summed E-state index contributed by atoms with van der Waals surface area (Å²) in [7, 11) is 1.57. The van der Waals surface area contributed by atoms with Crippen LogP contribution in [0.2, 0.25) is 0 Å². The zero-order chi connectivity index (χ0) is 14.8. The number of hydrogen-bond donors (Lipinski definition) is 1. The second-order valence-corrected chi connectivity index (χ2v) is 4.51. The molecule has 0 aromatic heterocycles. The van der Waals surface area contributed by atoms with Crippen molar-refractivity contribution >= 4 is 5.96 Å². The van der Waals surface area contributed by atoms with Gasteiger partial charge in [0, 0.05) is 13.6 Å². The van der Waals surface area contributed by atoms with Crippen molar-refractivity contribution in [1.29, 1.82) is 0 Å². The number of morpholine rings is 1. The Morgan fingerprint density at radius 2 is 2.20 bits per heavy atom. The maximum absolute atomic E-state index is 12.7. The molecule has 0 spiro atoms. The zero-order valence-electron chi connectivity index (χ0n) is 11.0. The SMILES string of the molecule is CN=C(N)N1CCO[C@H](c2cccc(C(F)(F)F)c2)C1. The summed E-state index contributed by atoms with van der Waals surface area (Å²) in [6.07, 6.45) is -4.79. The lowest BCUT2D eigenvalue weighted by atomic mass is 10.0. The summed E-state index contributed by atoms with van der Waals surface area (Å²) in [6.45, 7) is 1.38. The van der Waals surface area contributed by atoms with Crippen LogP contribution in [0.4, 0.5) is 13.2 Å². The minimum atomic E-state index is -4.35. The number of alkyl halides is 3. The van der Waals surface area contributed by atoms with E-state index in [2.05, 4.69) is 4.99 Å². The van der Waals surface area contributed by atoms with Gasteiger partial charge in [-0.05, 0) is 17.7 Å². The lowest BCUT2D eigenvalue weighted by Crippen LogP contribution is -2.45. The first-order valence-corrected chi connectivity index (χ1v) is 6.18. The first-order chi connectivity index (χ1) is 9.41. The molecule has 0 unspecified atom stereocenters. The number of guanidine groups is 1. The van der Waals surface area contributed by atoms with Crippen molar-refractivity contribution in [3.8, 4) is 0 Å². The molecule has 110 valence electrons. The summed E-state index contributed by atoms with van der Waals surface area (Å²) < 4.78 is 43.6. The maximum Gasteiger partial charge on any atom is 0.416 e. The Morgan fingerprint density at radius 1 is 1.45 bits per heavy atom. The lowest BCUT2D eigenvalue weighted by molar-refractivity contribution is -0.137. The summed E-state index contributed by atoms with van der Waals surface area (Å²) in [5.41, 5.74) is 5.55. The van der Waals surface area contributed by atoms with E-state index in [9.17, 15) is 13.2 Å². The van der Waals surface area contributed by atoms with Crippen LogP contribution >= 0.6 is 0 Å². The van der Waals surface area contributed by atoms with E-state index in [0.29, 0.717) is 31.2 Å². The molecule has 1 fully saturated rings. The van der Waals surface area contributed by atoms with Gasteiger partial charge in [0.25, 0.3) is 0 Å². The van der Waals surface area contributed by atoms with Crippen LogP contribution in [-0.4, -0.2) is 37.6 Å². The van der Waals surface area contributed by atoms with E-state index in [1.165, 1.54) is 6.07 Å². The second kappa shape index (κ2) is 5.70. The van der Waals surface area contributed by atoms with Gasteiger partial charge in [0.05, 0.1) is 18.7 Å². The quantitative estimate of drug-likeness (QED) is 0.635. The molecule has 1 aromatic carbocycles. The van der Waals surface area contributed by atoms with Gasteiger partial charge in [0.15, 0.2) is 5.96 Å². The van der Waals surface area contributed by atoms with Gasteiger partial charge in [-0.3, -0.25) is 4.99 Å². The molecule has 2 N–H and O–H groups in total. The molecule has 1 atom stereocenters. The van der Waals surface area contributed by atoms with E-state index < -0.39 is 17.8 Å². The summed E-state index contributed by atoms with van der Waals surface area (Å²) in [6, 6.07) is 5.18. The van der Waals surface area contributed by atoms with Crippen molar-refractivity contribution < 1.29 is 17.9 Å². The molecule has 2 rings (SSSR count). The van der Waals surface area contributed by atoms with Crippen molar-refractivity contribution in [2.45, 2.75) is 12.3 Å². The number of rotatable bonds is 1. The summed E-state index contributed by atoms with van der Waals surface area (Å²) >= 11 is 0. The van der Waals surface area contributed by atoms with Crippen LogP contribution in [0.5, 0.6) is 0 Å². The Balaban J connectivity index is 2.19. The summed E-state index contributed by atoms with van der Waals surface area (Å²) in [5.74, 6) is 0.366. The molecule has 0 amide bonds. The normalized spacial score (nSPS) is 21.1. The van der Waals surface area contributed by atoms with Gasteiger partial charge in [-0.1, -0.05) is 12.1 Å². The van der Waals surface area contributed by atoms with E-state index in [0.717, 1.165) is 12.1 Å². The first kappa shape index (κ1) is 14.6. The van der Waals surface area contributed by atoms with Crippen LogP contribution in [0.15, 0.2) is 29.3 Å². The Kier molecular flexibility index (Phi) is 4.17. The third-order valence-electron chi connectivity index (χ3n) is 3.21. The van der Waals surface area contributed by atoms with Crippen molar-refractivity contribution in [2.75, 3.05) is 26.7 Å². The highest BCUT2D eigenvalue weighted by Crippen LogP contribution is 2.32. The number of nitrogens with zero attached hydrogens (tertiary/aromatic N) is 2. The van der Waals surface area contributed by atoms with E-state index in [-0.39, 0.29) is 0 Å². The molecule has 0 bridgehead atoms. The number of hydrogen-bond acceptors (Lipinski definition) is 2. The van der Waals surface area contributed by atoms with Crippen molar-refractivity contribution in [3.05, 3.63) is 35.4 Å². The largest absolute Gasteiger partial charge is 0.416 e. The molecule has 0 radical (unpaired) electrons. The predicted octanol–water partition coefficient (Wildman–Crippen LogP) is 2.02. The van der Waals surface area contributed by atoms with Gasteiger partial charge < -0.3 is 15.4 Å². The molecule has 1 aliphatic heterocycles. The average Bonchev–Trinajstić information content (AvgIpc) is 2.46. The van der Waals surface area contributed by atoms with E-state index in [1.54, 1.807) is 18.0 Å². The van der Waals surface area contributed by atoms with Gasteiger partial charge in [-0.15, -0.1) is 0 Å². The van der Waals surface area contributed by atoms with Crippen LogP contribution in [0.25, 0.3) is 0 Å². The minimum absolute atomic E-state index is 0.366. The molecule has 0 aliphatic carbocycles. The molecule has 1 heterocycles. The van der Waals surface area contributed by atoms with E-state index in [1.807, 2.05) is 0 Å². The Morgan fingerprint density at radius 3 is 2.85 bits per heavy atom. The summed E-state index contributed by atoms with van der Waals surface area (Å²) in [5, 5.41) is 0. The van der Waals surface area contributed by atoms with Crippen LogP contribution in [0.3, 0.4) is 0 Å². The molecule has 0 saturated carbocycles. The molecule has 7 heteroatoms. The van der Waals surface area contributed by atoms with Crippen molar-refractivity contribution in [2.24, 2.45) is 10.7 Å². The van der Waals surface area contributed by atoms with Gasteiger partial charge in [0.1, 0.15) is 6.10 Å². The maximum atomic E-state index is 12.7. The number of ether oxygens (including phenoxy) is 1. The fourth-order valence-electron chi connectivity index (χ4n) is 2.12. The van der Waals surface area contributed by atoms with Crippen LogP contribution in [-0.2, 0) is 10.9 Å². The summed E-state index contributed by atoms with van der Waals surface area (Å²) in [4.78, 5) is 5.68. The molecule has 4 nitrogen and oxygen atoms in total. The first-order valence-electron chi connectivity index (χ1n) is 6.18. The highest BCUT2D eigenvalue weighted by Gasteiger charge is 2.32. The molecule has 1 aromatic rings. The fraction of sp³-hybridized carbons (Fsp3) is 0.462. The van der Waals surface area contributed by atoms with E-state index in [4.69, 9.17) is 10.5 Å². The van der Waals surface area contributed by atoms with Crippen LogP contribution < -0.4 is 5.73 Å². The minimum Gasteiger partial charge on any atom is -0.370 e. The third kappa shape index (κ3) is 3.22. The second-order valence-electron chi connectivity index (χ2n) is 4.51. The van der Waals surface area contributed by atoms with E-state index >= 15 is 0 Å². The van der Waals surface area contributed by atoms with Crippen LogP contribution in [0.1, 0.15) is 17.2 Å². The lowest BCUT2D eigenvalue weighted by Gasteiger charge is -2.33. The number of benzene rings is 1. The molecule has 20 heavy (non-hydrogen) atoms. The molecule has 1 aliphatic rings. The Hall–Kier alpha value is -1.76. The zero-order valence-corrected chi connectivity index (χ0v) is 11.0. The standard InChI is InChI=1S/C13H16F3N3O/c1-18-12(17)19-5-6-20-11(8-19)9-3-2-4-10(7-9)13(14,15)16/h2-4,7,11H,5-6,8H2,1H3,(H2,17,18)/t11-/m0/s1. The molecule has 1 saturated heterocycles. The third-order valence-corrected chi connectivity index (χ3v) is 3.21. The number of halogens is 3. The number of aliphatic imine (C=N–C) groups is 1. The van der Waals surface area contributed by atoms with Gasteiger partial charge in [-0.25, -0.2) is 0 Å². The van der Waals surface area contributed by atoms with Crippen molar-refractivity contribution in [1.82, 2.24) is 4.90 Å². The smallest absolute Gasteiger partial charge is 0.370 e. The topological polar surface area (TPSA) is 50.8 Å². The van der Waals surface area contributed by atoms with Gasteiger partial charge in [0.2, 0.25) is 0 Å². The average molecular weight is 287 g/mol. The van der Waals surface area contributed by atoms with Gasteiger partial charge >= 0.3 is 6.18 Å². The Labute approximate surface area is 115 Å². The van der Waals surface area contributed by atoms with Crippen molar-refractivity contribution in [3.63, 3.8) is 0 Å². The monoisotopic (exact) mass is 287 g/mol. The van der Waals surface area contributed by atoms with Gasteiger partial charge in [-0.2, -0.15) is 13.2 Å². The highest BCUT2D eigenvalue weighted by atomic mass is 19.4. The number of nitrogens with two attached hydrogens (primary N) is 1. The fourth-order valence-corrected chi connectivity index (χ4v) is 2.12. The Bertz CT molecular complexity index is 502. The van der Waals surface area contributed by atoms with Crippen LogP contribution in [0, 0.1) is 0 Å². The molecular weight excluding hydrogens is 271 g/mol. The molecular formula is C13H16F3N3O. The highest BCUT2D eigenvalue weighted by molar-refractivity contribution is 5.78.